The average molecular weight is 647 g/mol. The van der Waals surface area contributed by atoms with Crippen LogP contribution in [0.25, 0.3) is 0 Å². The molecular weight excluding hydrogens is 600 g/mol. The second-order valence-electron chi connectivity index (χ2n) is 15.5. The van der Waals surface area contributed by atoms with Crippen LogP contribution in [0.3, 0.4) is 0 Å². The lowest BCUT2D eigenvalue weighted by Gasteiger charge is -2.66. The van der Waals surface area contributed by atoms with Gasteiger partial charge in [0.25, 0.3) is 0 Å². The number of carbonyl (C=O) groups is 3. The predicted octanol–water partition coefficient (Wildman–Crippen LogP) is 1.78. The highest BCUT2D eigenvalue weighted by Crippen LogP contribution is 2.80. The van der Waals surface area contributed by atoms with Gasteiger partial charge in [-0.05, 0) is 57.4 Å². The minimum atomic E-state index is -1.47. The van der Waals surface area contributed by atoms with Crippen molar-refractivity contribution in [3.8, 4) is 0 Å². The Kier molecular flexibility index (Phi) is 7.40. The molecule has 6 fully saturated rings. The number of aliphatic hydroxyl groups excluding tert-OH is 4. The van der Waals surface area contributed by atoms with E-state index in [9.17, 15) is 34.8 Å². The number of rotatable bonds is 9. The van der Waals surface area contributed by atoms with E-state index in [1.54, 1.807) is 6.07 Å². The van der Waals surface area contributed by atoms with Crippen molar-refractivity contribution in [2.24, 2.45) is 34.0 Å². The molecule has 2 aliphatic carbocycles. The van der Waals surface area contributed by atoms with Crippen LogP contribution in [0.1, 0.15) is 83.6 Å². The molecule has 12 atom stereocenters. The zero-order valence-electron chi connectivity index (χ0n) is 26.9. The van der Waals surface area contributed by atoms with E-state index in [1.807, 2.05) is 27.7 Å². The number of ether oxygens (including phenoxy) is 4. The summed E-state index contributed by atoms with van der Waals surface area (Å²) in [6.45, 7) is 7.08. The van der Waals surface area contributed by atoms with Crippen molar-refractivity contribution < 1.29 is 58.2 Å². The van der Waals surface area contributed by atoms with E-state index in [-0.39, 0.29) is 49.6 Å². The van der Waals surface area contributed by atoms with Crippen LogP contribution in [0.2, 0.25) is 0 Å². The first kappa shape index (κ1) is 32.2. The lowest BCUT2D eigenvalue weighted by Crippen LogP contribution is -2.76. The summed E-state index contributed by atoms with van der Waals surface area (Å²) in [5, 5.41) is 41.8. The van der Waals surface area contributed by atoms with Gasteiger partial charge in [-0.3, -0.25) is 9.59 Å². The summed E-state index contributed by atoms with van der Waals surface area (Å²) in [6, 6.07) is 1.75. The number of ketones is 1. The third kappa shape index (κ3) is 3.91. The largest absolute Gasteiger partial charge is 0.469 e. The molecule has 7 rings (SSSR count). The zero-order valence-corrected chi connectivity index (χ0v) is 26.9. The Hall–Kier alpha value is -2.35. The first-order valence-electron chi connectivity index (χ1n) is 16.6. The zero-order chi connectivity index (χ0) is 33.0. The third-order valence-corrected chi connectivity index (χ3v) is 13.1. The van der Waals surface area contributed by atoms with E-state index < -0.39 is 76.5 Å². The van der Waals surface area contributed by atoms with Crippen LogP contribution in [-0.4, -0.2) is 93.6 Å². The van der Waals surface area contributed by atoms with Gasteiger partial charge in [-0.25, -0.2) is 4.79 Å². The molecule has 4 aliphatic heterocycles. The van der Waals surface area contributed by atoms with Crippen molar-refractivity contribution in [1.82, 2.24) is 0 Å². The van der Waals surface area contributed by atoms with Crippen molar-refractivity contribution in [3.05, 3.63) is 23.7 Å². The number of carbonyl (C=O) groups excluding carboxylic acids is 3. The SMILES string of the molecule is CC1(C)OC2CC(=O)OCC23C1C(=O)C(O)C1(C)C3CCC2(C)C(c3ccoc3CC(CCCCO)C(O)CO)OC(=O)C3OC321. The molecule has 0 radical (unpaired) electrons. The van der Waals surface area contributed by atoms with E-state index in [2.05, 4.69) is 0 Å². The van der Waals surface area contributed by atoms with Crippen molar-refractivity contribution in [1.29, 1.82) is 0 Å². The Balaban J connectivity index is 1.29. The Morgan fingerprint density at radius 1 is 1.04 bits per heavy atom. The summed E-state index contributed by atoms with van der Waals surface area (Å²) >= 11 is 0. The standard InChI is InChI=1S/C34H46O12/c1-30(2)25-24(39)26(40)32(4)21(33(25)16-43-23(38)14-22(33)45-30)8-10-31(3)27(44-29(41)28-34(31,32)46-28)18-9-12-42-20(18)13-17(19(37)15-36)7-5-6-11-35/h9,12,17,19,21-22,25-28,35-37,40H,5-8,10-11,13-16H2,1-4H3. The fraction of sp³-hybridized carbons (Fsp3) is 0.794. The number of cyclic esters (lactones) is 2. The monoisotopic (exact) mass is 646 g/mol. The number of fused-ring (bicyclic) bond motifs is 1. The summed E-state index contributed by atoms with van der Waals surface area (Å²) in [6.07, 6.45) is -0.312. The highest BCUT2D eigenvalue weighted by atomic mass is 16.7. The van der Waals surface area contributed by atoms with Crippen molar-refractivity contribution in [3.63, 3.8) is 0 Å². The fourth-order valence-corrected chi connectivity index (χ4v) is 11.1. The molecule has 12 unspecified atom stereocenters. The second kappa shape index (κ2) is 10.6. The minimum Gasteiger partial charge on any atom is -0.469 e. The minimum absolute atomic E-state index is 0.00659. The molecule has 6 aliphatic rings. The maximum atomic E-state index is 14.4. The molecule has 0 aromatic carbocycles. The average Bonchev–Trinajstić information content (AvgIpc) is 3.56. The smallest absolute Gasteiger partial charge is 0.339 e. The molecule has 2 saturated carbocycles. The molecule has 1 aromatic rings. The number of Topliss-reactive ketones (excluding diaryl/α,β-unsaturated/α-hetero) is 1. The Morgan fingerprint density at radius 2 is 1.80 bits per heavy atom. The van der Waals surface area contributed by atoms with Crippen molar-refractivity contribution >= 4 is 17.7 Å². The van der Waals surface area contributed by atoms with Crippen molar-refractivity contribution in [2.75, 3.05) is 19.8 Å². The van der Waals surface area contributed by atoms with E-state index in [4.69, 9.17) is 23.4 Å². The quantitative estimate of drug-likeness (QED) is 0.173. The lowest BCUT2D eigenvalue weighted by molar-refractivity contribution is -0.252. The number of hydrogen-bond acceptors (Lipinski definition) is 12. The van der Waals surface area contributed by atoms with Gasteiger partial charge in [0.2, 0.25) is 0 Å². The first-order valence-corrected chi connectivity index (χ1v) is 16.6. The molecule has 4 N–H and O–H groups in total. The molecule has 1 aromatic heterocycles. The maximum Gasteiger partial charge on any atom is 0.339 e. The number of epoxide rings is 1. The van der Waals surface area contributed by atoms with Gasteiger partial charge in [0, 0.05) is 34.8 Å². The molecule has 4 saturated heterocycles. The van der Waals surface area contributed by atoms with Crippen LogP contribution >= 0.6 is 0 Å². The molecular formula is C34H46O12. The van der Waals surface area contributed by atoms with E-state index in [1.165, 1.54) is 6.26 Å². The number of furan rings is 1. The van der Waals surface area contributed by atoms with Crippen LogP contribution in [0.4, 0.5) is 0 Å². The summed E-state index contributed by atoms with van der Waals surface area (Å²) < 4.78 is 30.7. The van der Waals surface area contributed by atoms with E-state index in [0.717, 1.165) is 0 Å². The Labute approximate surface area is 267 Å². The Bertz CT molecular complexity index is 1420. The van der Waals surface area contributed by atoms with Crippen LogP contribution < -0.4 is 0 Å². The van der Waals surface area contributed by atoms with Gasteiger partial charge in [-0.15, -0.1) is 0 Å². The molecule has 254 valence electrons. The summed E-state index contributed by atoms with van der Waals surface area (Å²) in [5.74, 6) is -2.31. The molecule has 12 nitrogen and oxygen atoms in total. The Morgan fingerprint density at radius 3 is 2.52 bits per heavy atom. The lowest BCUT2D eigenvalue weighted by atomic mass is 9.36. The van der Waals surface area contributed by atoms with Gasteiger partial charge in [-0.2, -0.15) is 0 Å². The summed E-state index contributed by atoms with van der Waals surface area (Å²) in [4.78, 5) is 40.6. The number of hydrogen-bond donors (Lipinski definition) is 4. The van der Waals surface area contributed by atoms with E-state index in [0.29, 0.717) is 43.4 Å². The molecule has 12 heteroatoms. The van der Waals surface area contributed by atoms with E-state index >= 15 is 0 Å². The normalized spacial score (nSPS) is 44.9. The van der Waals surface area contributed by atoms with Gasteiger partial charge < -0.3 is 43.8 Å². The van der Waals surface area contributed by atoms with Gasteiger partial charge in [0.15, 0.2) is 11.9 Å². The van der Waals surface area contributed by atoms with Gasteiger partial charge >= 0.3 is 11.9 Å². The van der Waals surface area contributed by atoms with Crippen LogP contribution in [0, 0.1) is 34.0 Å². The molecule has 46 heavy (non-hydrogen) atoms. The molecule has 0 amide bonds. The third-order valence-electron chi connectivity index (χ3n) is 13.1. The van der Waals surface area contributed by atoms with Gasteiger partial charge in [-0.1, -0.05) is 20.3 Å². The highest BCUT2D eigenvalue weighted by Gasteiger charge is 2.90. The fourth-order valence-electron chi connectivity index (χ4n) is 11.1. The second-order valence-corrected chi connectivity index (χ2v) is 15.5. The first-order chi connectivity index (χ1) is 21.7. The number of esters is 2. The molecule has 5 heterocycles. The number of unbranched alkanes of at least 4 members (excludes halogenated alkanes) is 1. The predicted molar refractivity (Wildman–Crippen MR) is 157 cm³/mol. The van der Waals surface area contributed by atoms with Crippen LogP contribution in [-0.2, 0) is 39.8 Å². The maximum absolute atomic E-state index is 14.4. The van der Waals surface area contributed by atoms with Gasteiger partial charge in [0.1, 0.15) is 30.2 Å². The topological polar surface area (TPSA) is 185 Å². The highest BCUT2D eigenvalue weighted by molar-refractivity contribution is 5.92. The number of aliphatic hydroxyl groups is 4. The van der Waals surface area contributed by atoms with Crippen LogP contribution in [0.5, 0.6) is 0 Å². The van der Waals surface area contributed by atoms with Crippen LogP contribution in [0.15, 0.2) is 16.7 Å². The van der Waals surface area contributed by atoms with Crippen molar-refractivity contribution in [2.45, 2.75) is 114 Å². The molecule has 2 spiro atoms. The summed E-state index contributed by atoms with van der Waals surface area (Å²) in [5.41, 5.74) is -4.62. The van der Waals surface area contributed by atoms with Gasteiger partial charge in [0.05, 0.1) is 43.0 Å². The molecule has 0 bridgehead atoms. The summed E-state index contributed by atoms with van der Waals surface area (Å²) in [7, 11) is 0.